The molecule has 0 spiro atoms. The molecule has 2 N–H and O–H groups in total. The van der Waals surface area contributed by atoms with E-state index >= 15 is 0 Å². The Labute approximate surface area is 185 Å². The van der Waals surface area contributed by atoms with Gasteiger partial charge < -0.3 is 19.6 Å². The van der Waals surface area contributed by atoms with E-state index in [1.54, 1.807) is 25.2 Å². The number of nitrogens with one attached hydrogen (secondary N) is 1. The Morgan fingerprint density at radius 3 is 2.25 bits per heavy atom. The Balaban J connectivity index is 2.41. The van der Waals surface area contributed by atoms with Gasteiger partial charge in [0.15, 0.2) is 11.5 Å². The van der Waals surface area contributed by atoms with Crippen molar-refractivity contribution in [3.8, 4) is 22.8 Å². The maximum Gasteiger partial charge on any atom is 0.327 e. The molecule has 0 atom stereocenters. The molecule has 0 saturated heterocycles. The van der Waals surface area contributed by atoms with Gasteiger partial charge in [-0.15, -0.1) is 0 Å². The summed E-state index contributed by atoms with van der Waals surface area (Å²) in [6.45, 7) is 5.89. The lowest BCUT2D eigenvalue weighted by Crippen LogP contribution is -2.37. The summed E-state index contributed by atoms with van der Waals surface area (Å²) in [5.41, 5.74) is 4.93. The molecule has 3 aromatic rings. The molecule has 0 aliphatic rings. The lowest BCUT2D eigenvalue weighted by atomic mass is 10.0. The van der Waals surface area contributed by atoms with Crippen LogP contribution in [-0.2, 0) is 18.3 Å². The molecule has 0 aliphatic carbocycles. The van der Waals surface area contributed by atoms with Gasteiger partial charge in [0.25, 0.3) is 0 Å². The third-order valence-corrected chi connectivity index (χ3v) is 5.28. The number of rotatable bonds is 6. The minimum absolute atomic E-state index is 0.288. The molecule has 0 amide bonds. The molecular formula is C24H27N3O5. The van der Waals surface area contributed by atoms with Crippen molar-refractivity contribution < 1.29 is 19.4 Å². The lowest BCUT2D eigenvalue weighted by molar-refractivity contribution is -0.136. The van der Waals surface area contributed by atoms with Gasteiger partial charge in [0.05, 0.1) is 32.0 Å². The number of aromatic nitrogens is 2. The first-order chi connectivity index (χ1) is 15.2. The van der Waals surface area contributed by atoms with Gasteiger partial charge in [0.2, 0.25) is 0 Å². The zero-order valence-electron chi connectivity index (χ0n) is 19.1. The Morgan fingerprint density at radius 1 is 1.06 bits per heavy atom. The Kier molecular flexibility index (Phi) is 6.53. The predicted octanol–water partition coefficient (Wildman–Crippen LogP) is 3.18. The summed E-state index contributed by atoms with van der Waals surface area (Å²) in [7, 11) is 4.61. The monoisotopic (exact) mass is 437 g/mol. The maximum absolute atomic E-state index is 12.8. The standard InChI is InChI=1S/C24H27N3O5/c1-13-9-14(2)21(15(3)10-13)25-23-17(12-20(28)29)22(26-24(30)27(23)4)16-7-8-18(31-5)19(11-16)32-6/h7-11H,12H2,1-6H3,(H,26,30)(H,28,29). The van der Waals surface area contributed by atoms with E-state index in [1.807, 2.05) is 32.9 Å². The number of H-pyrrole nitrogens is 1. The second-order valence-electron chi connectivity index (χ2n) is 7.67. The van der Waals surface area contributed by atoms with Crippen molar-refractivity contribution in [2.45, 2.75) is 27.2 Å². The molecule has 0 fully saturated rings. The van der Waals surface area contributed by atoms with Crippen molar-refractivity contribution >= 4 is 11.7 Å². The molecule has 0 radical (unpaired) electrons. The number of aromatic amines is 1. The molecule has 8 heteroatoms. The number of methoxy groups -OCH3 is 2. The van der Waals surface area contributed by atoms with E-state index < -0.39 is 11.7 Å². The topological polar surface area (TPSA) is 106 Å². The summed E-state index contributed by atoms with van der Waals surface area (Å²) in [4.78, 5) is 32.2. The van der Waals surface area contributed by atoms with Crippen LogP contribution in [-0.4, -0.2) is 34.8 Å². The fourth-order valence-electron chi connectivity index (χ4n) is 3.83. The highest BCUT2D eigenvalue weighted by molar-refractivity contribution is 5.75. The molecule has 1 heterocycles. The van der Waals surface area contributed by atoms with Crippen LogP contribution in [0.3, 0.4) is 0 Å². The normalized spacial score (nSPS) is 11.5. The number of carbonyl (C=O) groups is 1. The minimum atomic E-state index is -1.03. The van der Waals surface area contributed by atoms with Crippen LogP contribution in [0.2, 0.25) is 0 Å². The fourth-order valence-corrected chi connectivity index (χ4v) is 3.83. The number of hydrogen-bond donors (Lipinski definition) is 2. The summed E-state index contributed by atoms with van der Waals surface area (Å²) < 4.78 is 12.0. The Morgan fingerprint density at radius 2 is 1.69 bits per heavy atom. The second kappa shape index (κ2) is 9.13. The molecule has 3 rings (SSSR count). The zero-order chi connectivity index (χ0) is 23.6. The highest BCUT2D eigenvalue weighted by Crippen LogP contribution is 2.32. The van der Waals surface area contributed by atoms with Crippen LogP contribution in [0.25, 0.3) is 11.3 Å². The van der Waals surface area contributed by atoms with Gasteiger partial charge in [-0.2, -0.15) is 0 Å². The van der Waals surface area contributed by atoms with Crippen LogP contribution in [0.1, 0.15) is 22.3 Å². The van der Waals surface area contributed by atoms with Gasteiger partial charge in [-0.25, -0.2) is 9.79 Å². The largest absolute Gasteiger partial charge is 0.493 e. The van der Waals surface area contributed by atoms with E-state index in [1.165, 1.54) is 18.8 Å². The number of hydrogen-bond acceptors (Lipinski definition) is 5. The van der Waals surface area contributed by atoms with Crippen molar-refractivity contribution in [2.24, 2.45) is 12.0 Å². The number of carboxylic acids is 1. The third kappa shape index (κ3) is 4.44. The highest BCUT2D eigenvalue weighted by Gasteiger charge is 2.18. The zero-order valence-corrected chi connectivity index (χ0v) is 19.1. The maximum atomic E-state index is 12.8. The summed E-state index contributed by atoms with van der Waals surface area (Å²) in [5, 5.41) is 9.63. The van der Waals surface area contributed by atoms with Gasteiger partial charge >= 0.3 is 11.7 Å². The van der Waals surface area contributed by atoms with Gasteiger partial charge in [0.1, 0.15) is 5.49 Å². The van der Waals surface area contributed by atoms with E-state index in [4.69, 9.17) is 14.5 Å². The van der Waals surface area contributed by atoms with Crippen LogP contribution >= 0.6 is 0 Å². The average Bonchev–Trinajstić information content (AvgIpc) is 2.73. The van der Waals surface area contributed by atoms with Crippen LogP contribution in [0.15, 0.2) is 40.1 Å². The quantitative estimate of drug-likeness (QED) is 0.616. The SMILES string of the molecule is COc1ccc(-c2[nH]c(=O)n(C)c(=Nc3c(C)cc(C)cc3C)c2CC(=O)O)cc1OC. The van der Waals surface area contributed by atoms with Crippen molar-refractivity contribution in [3.63, 3.8) is 0 Å². The summed E-state index contributed by atoms with van der Waals surface area (Å²) >= 11 is 0. The van der Waals surface area contributed by atoms with Gasteiger partial charge in [-0.1, -0.05) is 17.7 Å². The lowest BCUT2D eigenvalue weighted by Gasteiger charge is -2.15. The summed E-state index contributed by atoms with van der Waals surface area (Å²) in [6, 6.07) is 9.15. The van der Waals surface area contributed by atoms with E-state index in [9.17, 15) is 14.7 Å². The van der Waals surface area contributed by atoms with E-state index in [0.717, 1.165) is 16.7 Å². The first-order valence-corrected chi connectivity index (χ1v) is 10.0. The number of ether oxygens (including phenoxy) is 2. The predicted molar refractivity (Wildman–Crippen MR) is 122 cm³/mol. The molecule has 0 bridgehead atoms. The molecule has 1 aromatic heterocycles. The summed E-state index contributed by atoms with van der Waals surface area (Å²) in [5.74, 6) is -0.0488. The first kappa shape index (κ1) is 22.9. The van der Waals surface area contributed by atoms with E-state index in [-0.39, 0.29) is 11.9 Å². The van der Waals surface area contributed by atoms with Crippen LogP contribution < -0.4 is 20.7 Å². The molecule has 8 nitrogen and oxygen atoms in total. The van der Waals surface area contributed by atoms with Crippen molar-refractivity contribution in [1.29, 1.82) is 0 Å². The number of carboxylic acid groups (broad SMARTS) is 1. The molecule has 168 valence electrons. The van der Waals surface area contributed by atoms with Gasteiger partial charge in [-0.3, -0.25) is 9.36 Å². The molecule has 2 aromatic carbocycles. The molecular weight excluding hydrogens is 410 g/mol. The van der Waals surface area contributed by atoms with Gasteiger partial charge in [0, 0.05) is 18.2 Å². The first-order valence-electron chi connectivity index (χ1n) is 10.0. The molecule has 0 unspecified atom stereocenters. The number of nitrogens with zero attached hydrogens (tertiary/aromatic N) is 2. The fraction of sp³-hybridized carbons (Fsp3) is 0.292. The Hall–Kier alpha value is -3.81. The molecule has 32 heavy (non-hydrogen) atoms. The van der Waals surface area contributed by atoms with Crippen molar-refractivity contribution in [2.75, 3.05) is 14.2 Å². The van der Waals surface area contributed by atoms with Crippen LogP contribution in [0, 0.1) is 20.8 Å². The van der Waals surface area contributed by atoms with E-state index in [2.05, 4.69) is 4.98 Å². The summed E-state index contributed by atoms with van der Waals surface area (Å²) in [6.07, 6.45) is -0.322. The second-order valence-corrected chi connectivity index (χ2v) is 7.67. The van der Waals surface area contributed by atoms with E-state index in [0.29, 0.717) is 34.0 Å². The van der Waals surface area contributed by atoms with Crippen LogP contribution in [0.4, 0.5) is 5.69 Å². The minimum Gasteiger partial charge on any atom is -0.493 e. The highest BCUT2D eigenvalue weighted by atomic mass is 16.5. The Bertz CT molecular complexity index is 1300. The average molecular weight is 437 g/mol. The number of benzene rings is 2. The van der Waals surface area contributed by atoms with Crippen molar-refractivity contribution in [1.82, 2.24) is 9.55 Å². The third-order valence-electron chi connectivity index (χ3n) is 5.28. The number of aliphatic carboxylic acids is 1. The molecule has 0 saturated carbocycles. The van der Waals surface area contributed by atoms with Gasteiger partial charge in [-0.05, 0) is 50.1 Å². The molecule has 0 aliphatic heterocycles. The van der Waals surface area contributed by atoms with Crippen LogP contribution in [0.5, 0.6) is 11.5 Å². The number of aryl methyl sites for hydroxylation is 3. The van der Waals surface area contributed by atoms with Crippen molar-refractivity contribution in [3.05, 3.63) is 68.6 Å². The smallest absolute Gasteiger partial charge is 0.327 e.